The van der Waals surface area contributed by atoms with Gasteiger partial charge >= 0.3 is 0 Å². The topological polar surface area (TPSA) is 23.6 Å². The second-order valence-electron chi connectivity index (χ2n) is 8.02. The van der Waals surface area contributed by atoms with E-state index in [1.54, 1.807) is 0 Å². The lowest BCUT2D eigenvalue weighted by molar-refractivity contribution is 0.0716. The van der Waals surface area contributed by atoms with E-state index >= 15 is 0 Å². The number of fused-ring (bicyclic) bond motifs is 4. The Morgan fingerprint density at radius 1 is 1.17 bits per heavy atom. The number of carbonyl (C=O) groups is 1. The average Bonchev–Trinajstić information content (AvgIpc) is 2.82. The summed E-state index contributed by atoms with van der Waals surface area (Å²) in [7, 11) is 0. The lowest BCUT2D eigenvalue weighted by Crippen LogP contribution is -2.47. The number of benzene rings is 1. The van der Waals surface area contributed by atoms with Gasteiger partial charge in [0.15, 0.2) is 0 Å². The highest BCUT2D eigenvalue weighted by Crippen LogP contribution is 2.33. The molecule has 3 aliphatic heterocycles. The van der Waals surface area contributed by atoms with E-state index in [4.69, 9.17) is 11.6 Å². The van der Waals surface area contributed by atoms with Gasteiger partial charge in [0.2, 0.25) is 0 Å². The van der Waals surface area contributed by atoms with Crippen LogP contribution in [0.25, 0.3) is 0 Å². The number of carbonyl (C=O) groups excluding carboxylic acids is 1. The molecule has 1 aromatic rings. The average molecular weight is 347 g/mol. The fraction of sp³-hybridized carbons (Fsp3) is 0.650. The van der Waals surface area contributed by atoms with E-state index in [9.17, 15) is 4.79 Å². The quantitative estimate of drug-likeness (QED) is 0.826. The summed E-state index contributed by atoms with van der Waals surface area (Å²) in [4.78, 5) is 17.9. The standard InChI is InChI=1S/C20H27ClN2O/c1-14-9-17(21)6-8-19(14)20(24)23-12-16-5-7-18(13-23)22(11-16)10-15-3-2-4-15/h6,8-9,15-16,18H,2-5,7,10-13H2,1H3/t16-,18-/m0/s1. The van der Waals surface area contributed by atoms with Gasteiger partial charge in [-0.15, -0.1) is 0 Å². The van der Waals surface area contributed by atoms with E-state index in [1.807, 2.05) is 25.1 Å². The SMILES string of the molecule is Cc1cc(Cl)ccc1C(=O)N1C[C@H]2CC[C@@H](C1)N(CC1CCC1)C2. The van der Waals surface area contributed by atoms with Crippen molar-refractivity contribution in [3.05, 3.63) is 34.3 Å². The molecule has 4 fully saturated rings. The van der Waals surface area contributed by atoms with E-state index < -0.39 is 0 Å². The Hall–Kier alpha value is -1.06. The minimum Gasteiger partial charge on any atom is -0.337 e. The molecule has 4 aliphatic rings. The second-order valence-corrected chi connectivity index (χ2v) is 8.45. The van der Waals surface area contributed by atoms with E-state index in [0.717, 1.165) is 30.1 Å². The molecule has 5 rings (SSSR count). The first kappa shape index (κ1) is 16.4. The lowest BCUT2D eigenvalue weighted by Gasteiger charge is -2.40. The van der Waals surface area contributed by atoms with Crippen LogP contribution >= 0.6 is 11.6 Å². The zero-order chi connectivity index (χ0) is 16.7. The van der Waals surface area contributed by atoms with Crippen LogP contribution in [0.15, 0.2) is 18.2 Å². The van der Waals surface area contributed by atoms with Gasteiger partial charge < -0.3 is 4.90 Å². The molecule has 130 valence electrons. The maximum absolute atomic E-state index is 13.1. The van der Waals surface area contributed by atoms with Crippen LogP contribution in [-0.2, 0) is 0 Å². The molecule has 0 spiro atoms. The minimum atomic E-state index is 0.187. The van der Waals surface area contributed by atoms with Crippen LogP contribution in [-0.4, -0.2) is 47.9 Å². The number of rotatable bonds is 3. The molecule has 2 atom stereocenters. The van der Waals surface area contributed by atoms with Gasteiger partial charge in [-0.3, -0.25) is 9.69 Å². The molecular formula is C20H27ClN2O. The zero-order valence-corrected chi connectivity index (χ0v) is 15.3. The molecule has 1 saturated carbocycles. The molecule has 0 N–H and O–H groups in total. The summed E-state index contributed by atoms with van der Waals surface area (Å²) in [5, 5.41) is 0.701. The van der Waals surface area contributed by atoms with Gasteiger partial charge in [-0.1, -0.05) is 18.0 Å². The lowest BCUT2D eigenvalue weighted by atomic mass is 9.83. The monoisotopic (exact) mass is 346 g/mol. The maximum Gasteiger partial charge on any atom is 0.254 e. The first-order chi connectivity index (χ1) is 11.6. The van der Waals surface area contributed by atoms with Gasteiger partial charge in [0, 0.05) is 42.8 Å². The summed E-state index contributed by atoms with van der Waals surface area (Å²) in [6.45, 7) is 6.23. The molecule has 3 heterocycles. The molecule has 1 aromatic carbocycles. The number of amides is 1. The van der Waals surface area contributed by atoms with E-state index in [0.29, 0.717) is 17.0 Å². The first-order valence-electron chi connectivity index (χ1n) is 9.39. The van der Waals surface area contributed by atoms with Crippen molar-refractivity contribution in [1.29, 1.82) is 0 Å². The largest absolute Gasteiger partial charge is 0.337 e. The molecule has 24 heavy (non-hydrogen) atoms. The van der Waals surface area contributed by atoms with Crippen molar-refractivity contribution in [1.82, 2.24) is 9.80 Å². The Morgan fingerprint density at radius 3 is 2.71 bits per heavy atom. The third-order valence-corrected chi connectivity index (χ3v) is 6.49. The fourth-order valence-corrected chi connectivity index (χ4v) is 4.84. The smallest absolute Gasteiger partial charge is 0.254 e. The van der Waals surface area contributed by atoms with Crippen molar-refractivity contribution in [2.75, 3.05) is 26.2 Å². The van der Waals surface area contributed by atoms with Crippen LogP contribution in [0.1, 0.15) is 48.0 Å². The second kappa shape index (κ2) is 6.68. The first-order valence-corrected chi connectivity index (χ1v) is 9.77. The van der Waals surface area contributed by atoms with Crippen molar-refractivity contribution in [3.8, 4) is 0 Å². The number of halogens is 1. The van der Waals surface area contributed by atoms with Crippen LogP contribution in [0.3, 0.4) is 0 Å². The molecule has 2 bridgehead atoms. The summed E-state index contributed by atoms with van der Waals surface area (Å²) >= 11 is 6.05. The van der Waals surface area contributed by atoms with Crippen LogP contribution < -0.4 is 0 Å². The Labute approximate surface area is 150 Å². The minimum absolute atomic E-state index is 0.187. The number of nitrogens with zero attached hydrogens (tertiary/aromatic N) is 2. The van der Waals surface area contributed by atoms with Gasteiger partial charge in [-0.25, -0.2) is 0 Å². The fourth-order valence-electron chi connectivity index (χ4n) is 4.61. The van der Waals surface area contributed by atoms with E-state index in [1.165, 1.54) is 45.2 Å². The van der Waals surface area contributed by atoms with E-state index in [2.05, 4.69) is 9.80 Å². The van der Waals surface area contributed by atoms with Gasteiger partial charge in [0.05, 0.1) is 0 Å². The molecule has 3 nitrogen and oxygen atoms in total. The normalized spacial score (nSPS) is 27.8. The Morgan fingerprint density at radius 2 is 2.00 bits per heavy atom. The molecule has 0 aromatic heterocycles. The molecular weight excluding hydrogens is 320 g/mol. The highest BCUT2D eigenvalue weighted by Gasteiger charge is 2.38. The van der Waals surface area contributed by atoms with E-state index in [-0.39, 0.29) is 5.91 Å². The van der Waals surface area contributed by atoms with Crippen LogP contribution in [0.5, 0.6) is 0 Å². The summed E-state index contributed by atoms with van der Waals surface area (Å²) in [5.41, 5.74) is 1.79. The summed E-state index contributed by atoms with van der Waals surface area (Å²) in [6, 6.07) is 6.17. The molecule has 1 amide bonds. The Bertz CT molecular complexity index is 628. The molecule has 1 aliphatic carbocycles. The number of hydrogen-bond acceptors (Lipinski definition) is 2. The van der Waals surface area contributed by atoms with Crippen LogP contribution in [0.2, 0.25) is 5.02 Å². The molecule has 3 saturated heterocycles. The third-order valence-electron chi connectivity index (χ3n) is 6.25. The third kappa shape index (κ3) is 3.21. The van der Waals surface area contributed by atoms with Crippen LogP contribution in [0.4, 0.5) is 0 Å². The van der Waals surface area contributed by atoms with Gasteiger partial charge in [-0.2, -0.15) is 0 Å². The van der Waals surface area contributed by atoms with Gasteiger partial charge in [0.1, 0.15) is 0 Å². The molecule has 0 radical (unpaired) electrons. The highest BCUT2D eigenvalue weighted by atomic mass is 35.5. The van der Waals surface area contributed by atoms with Crippen molar-refractivity contribution in [2.45, 2.75) is 45.1 Å². The maximum atomic E-state index is 13.1. The van der Waals surface area contributed by atoms with Crippen molar-refractivity contribution >= 4 is 17.5 Å². The van der Waals surface area contributed by atoms with Crippen molar-refractivity contribution in [3.63, 3.8) is 0 Å². The Kier molecular flexibility index (Phi) is 4.57. The number of piperidine rings is 1. The highest BCUT2D eigenvalue weighted by molar-refractivity contribution is 6.30. The van der Waals surface area contributed by atoms with Crippen LogP contribution in [0, 0.1) is 18.8 Å². The molecule has 4 heteroatoms. The summed E-state index contributed by atoms with van der Waals surface area (Å²) in [5.74, 6) is 1.74. The van der Waals surface area contributed by atoms with Crippen molar-refractivity contribution < 1.29 is 4.79 Å². The van der Waals surface area contributed by atoms with Gasteiger partial charge in [0.25, 0.3) is 5.91 Å². The Balaban J connectivity index is 1.49. The molecule has 0 unspecified atom stereocenters. The summed E-state index contributed by atoms with van der Waals surface area (Å²) in [6.07, 6.45) is 6.74. The zero-order valence-electron chi connectivity index (χ0n) is 14.5. The summed E-state index contributed by atoms with van der Waals surface area (Å²) < 4.78 is 0. The predicted octanol–water partition coefficient (Wildman–Crippen LogP) is 3.98. The van der Waals surface area contributed by atoms with Crippen molar-refractivity contribution in [2.24, 2.45) is 11.8 Å². The number of aryl methyl sites for hydroxylation is 1. The predicted molar refractivity (Wildman–Crippen MR) is 97.5 cm³/mol. The van der Waals surface area contributed by atoms with Gasteiger partial charge in [-0.05, 0) is 68.2 Å². The number of hydrogen-bond donors (Lipinski definition) is 0.